The molecule has 0 aliphatic rings. The SMILES string of the molecule is CNC(CN(CCC(C)C)CCC(C)C)C(=O)OC. The number of rotatable bonds is 10. The zero-order chi connectivity index (χ0) is 14.8. The lowest BCUT2D eigenvalue weighted by Gasteiger charge is -2.27. The maximum absolute atomic E-state index is 11.6. The molecule has 0 bridgehead atoms. The first-order valence-electron chi connectivity index (χ1n) is 7.38. The van der Waals surface area contributed by atoms with E-state index >= 15 is 0 Å². The van der Waals surface area contributed by atoms with Crippen LogP contribution in [0.1, 0.15) is 40.5 Å². The normalized spacial score (nSPS) is 13.3. The van der Waals surface area contributed by atoms with Gasteiger partial charge in [-0.2, -0.15) is 0 Å². The summed E-state index contributed by atoms with van der Waals surface area (Å²) >= 11 is 0. The third-order valence-corrected chi connectivity index (χ3v) is 3.32. The van der Waals surface area contributed by atoms with E-state index in [4.69, 9.17) is 4.74 Å². The summed E-state index contributed by atoms with van der Waals surface area (Å²) in [7, 11) is 3.25. The molecule has 0 spiro atoms. The molecule has 0 aromatic heterocycles. The molecule has 0 saturated heterocycles. The van der Waals surface area contributed by atoms with E-state index in [1.807, 2.05) is 7.05 Å². The molecular weight excluding hydrogens is 240 g/mol. The first-order chi connectivity index (χ1) is 8.90. The van der Waals surface area contributed by atoms with Crippen LogP contribution in [0, 0.1) is 11.8 Å². The second kappa shape index (κ2) is 10.2. The highest BCUT2D eigenvalue weighted by atomic mass is 16.5. The third kappa shape index (κ3) is 9.00. The summed E-state index contributed by atoms with van der Waals surface area (Å²) in [4.78, 5) is 14.0. The molecule has 0 aliphatic carbocycles. The highest BCUT2D eigenvalue weighted by Crippen LogP contribution is 2.07. The van der Waals surface area contributed by atoms with Crippen molar-refractivity contribution in [2.24, 2.45) is 11.8 Å². The largest absolute Gasteiger partial charge is 0.468 e. The summed E-state index contributed by atoms with van der Waals surface area (Å²) in [6.07, 6.45) is 2.32. The van der Waals surface area contributed by atoms with Crippen molar-refractivity contribution in [2.75, 3.05) is 33.8 Å². The van der Waals surface area contributed by atoms with Crippen molar-refractivity contribution in [1.29, 1.82) is 0 Å². The van der Waals surface area contributed by atoms with Gasteiger partial charge >= 0.3 is 5.97 Å². The lowest BCUT2D eigenvalue weighted by atomic mass is 10.1. The van der Waals surface area contributed by atoms with Gasteiger partial charge in [0, 0.05) is 6.54 Å². The van der Waals surface area contributed by atoms with Gasteiger partial charge in [-0.15, -0.1) is 0 Å². The lowest BCUT2D eigenvalue weighted by molar-refractivity contribution is -0.143. The summed E-state index contributed by atoms with van der Waals surface area (Å²) in [5.74, 6) is 1.20. The molecule has 1 N–H and O–H groups in total. The molecular formula is C15H32N2O2. The number of hydrogen-bond acceptors (Lipinski definition) is 4. The minimum Gasteiger partial charge on any atom is -0.468 e. The molecule has 0 radical (unpaired) electrons. The van der Waals surface area contributed by atoms with Gasteiger partial charge in [0.05, 0.1) is 7.11 Å². The minimum absolute atomic E-state index is 0.179. The molecule has 0 fully saturated rings. The van der Waals surface area contributed by atoms with Crippen molar-refractivity contribution in [3.05, 3.63) is 0 Å². The monoisotopic (exact) mass is 272 g/mol. The predicted molar refractivity (Wildman–Crippen MR) is 80.2 cm³/mol. The van der Waals surface area contributed by atoms with E-state index in [1.54, 1.807) is 0 Å². The van der Waals surface area contributed by atoms with Crippen LogP contribution in [0.5, 0.6) is 0 Å². The minimum atomic E-state index is -0.232. The van der Waals surface area contributed by atoms with Gasteiger partial charge in [-0.3, -0.25) is 4.79 Å². The van der Waals surface area contributed by atoms with Gasteiger partial charge in [-0.05, 0) is 44.8 Å². The molecule has 0 aromatic rings. The topological polar surface area (TPSA) is 41.6 Å². The summed E-state index contributed by atoms with van der Waals surface area (Å²) < 4.78 is 4.83. The van der Waals surface area contributed by atoms with Crippen molar-refractivity contribution in [3.8, 4) is 0 Å². The van der Waals surface area contributed by atoms with E-state index < -0.39 is 0 Å². The second-order valence-corrected chi connectivity index (χ2v) is 6.03. The van der Waals surface area contributed by atoms with Crippen molar-refractivity contribution in [1.82, 2.24) is 10.2 Å². The number of methoxy groups -OCH3 is 1. The number of ether oxygens (including phenoxy) is 1. The zero-order valence-electron chi connectivity index (χ0n) is 13.5. The molecule has 1 atom stereocenters. The van der Waals surface area contributed by atoms with E-state index in [0.29, 0.717) is 11.8 Å². The molecule has 1 unspecified atom stereocenters. The van der Waals surface area contributed by atoms with Crippen LogP contribution in [0.2, 0.25) is 0 Å². The standard InChI is InChI=1S/C15H32N2O2/c1-12(2)7-9-17(10-8-13(3)4)11-14(16-5)15(18)19-6/h12-14,16H,7-11H2,1-6H3. The molecule has 4 heteroatoms. The Morgan fingerprint density at radius 2 is 1.58 bits per heavy atom. The van der Waals surface area contributed by atoms with Gasteiger partial charge in [-0.25, -0.2) is 0 Å². The fourth-order valence-corrected chi connectivity index (χ4v) is 1.86. The van der Waals surface area contributed by atoms with Crippen molar-refractivity contribution in [2.45, 2.75) is 46.6 Å². The number of hydrogen-bond donors (Lipinski definition) is 1. The first-order valence-corrected chi connectivity index (χ1v) is 7.38. The third-order valence-electron chi connectivity index (χ3n) is 3.32. The van der Waals surface area contributed by atoms with Crippen LogP contribution in [-0.4, -0.2) is 50.7 Å². The van der Waals surface area contributed by atoms with Gasteiger partial charge < -0.3 is 15.0 Å². The van der Waals surface area contributed by atoms with E-state index in [-0.39, 0.29) is 12.0 Å². The Bertz CT molecular complexity index is 230. The van der Waals surface area contributed by atoms with Crippen molar-refractivity contribution < 1.29 is 9.53 Å². The quantitative estimate of drug-likeness (QED) is 0.619. The zero-order valence-corrected chi connectivity index (χ0v) is 13.5. The van der Waals surface area contributed by atoms with Crippen LogP contribution in [-0.2, 0) is 9.53 Å². The average Bonchev–Trinajstić information content (AvgIpc) is 2.36. The van der Waals surface area contributed by atoms with Crippen LogP contribution in [0.3, 0.4) is 0 Å². The van der Waals surface area contributed by atoms with Gasteiger partial charge in [0.1, 0.15) is 6.04 Å². The molecule has 114 valence electrons. The Kier molecular flexibility index (Phi) is 9.88. The molecule has 0 rings (SSSR count). The molecule has 0 amide bonds. The smallest absolute Gasteiger partial charge is 0.324 e. The fourth-order valence-electron chi connectivity index (χ4n) is 1.86. The molecule has 0 saturated carbocycles. The van der Waals surface area contributed by atoms with Gasteiger partial charge in [0.2, 0.25) is 0 Å². The van der Waals surface area contributed by atoms with Crippen LogP contribution in [0.25, 0.3) is 0 Å². The van der Waals surface area contributed by atoms with E-state index in [1.165, 1.54) is 7.11 Å². The van der Waals surface area contributed by atoms with Crippen LogP contribution >= 0.6 is 0 Å². The number of likely N-dealkylation sites (N-methyl/N-ethyl adjacent to an activating group) is 1. The van der Waals surface area contributed by atoms with Gasteiger partial charge in [0.15, 0.2) is 0 Å². The number of carbonyl (C=O) groups is 1. The number of esters is 1. The highest BCUT2D eigenvalue weighted by Gasteiger charge is 2.20. The highest BCUT2D eigenvalue weighted by molar-refractivity contribution is 5.75. The Morgan fingerprint density at radius 3 is 1.89 bits per heavy atom. The van der Waals surface area contributed by atoms with Crippen molar-refractivity contribution in [3.63, 3.8) is 0 Å². The van der Waals surface area contributed by atoms with E-state index in [2.05, 4.69) is 37.9 Å². The number of nitrogens with one attached hydrogen (secondary N) is 1. The van der Waals surface area contributed by atoms with Crippen LogP contribution < -0.4 is 5.32 Å². The maximum atomic E-state index is 11.6. The molecule has 0 heterocycles. The Morgan fingerprint density at radius 1 is 1.11 bits per heavy atom. The Balaban J connectivity index is 4.39. The maximum Gasteiger partial charge on any atom is 0.324 e. The summed E-state index contributed by atoms with van der Waals surface area (Å²) in [6.45, 7) is 11.7. The molecule has 4 nitrogen and oxygen atoms in total. The van der Waals surface area contributed by atoms with Crippen LogP contribution in [0.15, 0.2) is 0 Å². The van der Waals surface area contributed by atoms with E-state index in [0.717, 1.165) is 32.5 Å². The fraction of sp³-hybridized carbons (Fsp3) is 0.933. The second-order valence-electron chi connectivity index (χ2n) is 6.03. The van der Waals surface area contributed by atoms with Gasteiger partial charge in [-0.1, -0.05) is 27.7 Å². The number of nitrogens with zero attached hydrogens (tertiary/aromatic N) is 1. The Hall–Kier alpha value is -0.610. The molecule has 0 aliphatic heterocycles. The molecule has 0 aromatic carbocycles. The predicted octanol–water partition coefficient (Wildman–Crippen LogP) is 2.14. The summed E-state index contributed by atoms with van der Waals surface area (Å²) in [6, 6.07) is -0.232. The number of carbonyl (C=O) groups excluding carboxylic acids is 1. The first kappa shape index (κ1) is 18.4. The van der Waals surface area contributed by atoms with Crippen LogP contribution in [0.4, 0.5) is 0 Å². The summed E-state index contributed by atoms with van der Waals surface area (Å²) in [5, 5.41) is 3.04. The van der Waals surface area contributed by atoms with Crippen molar-refractivity contribution >= 4 is 5.97 Å². The molecule has 19 heavy (non-hydrogen) atoms. The van der Waals surface area contributed by atoms with Gasteiger partial charge in [0.25, 0.3) is 0 Å². The Labute approximate surface area is 118 Å². The van der Waals surface area contributed by atoms with E-state index in [9.17, 15) is 4.79 Å². The average molecular weight is 272 g/mol. The summed E-state index contributed by atoms with van der Waals surface area (Å²) in [5.41, 5.74) is 0. The lowest BCUT2D eigenvalue weighted by Crippen LogP contribution is -2.46.